The van der Waals surface area contributed by atoms with Gasteiger partial charge in [-0.2, -0.15) is 0 Å². The lowest BCUT2D eigenvalue weighted by atomic mass is 10.2. The summed E-state index contributed by atoms with van der Waals surface area (Å²) in [4.78, 5) is 50.2. The normalized spacial score (nSPS) is 15.2. The van der Waals surface area contributed by atoms with Gasteiger partial charge in [0.2, 0.25) is 11.8 Å². The lowest BCUT2D eigenvalue weighted by Crippen LogP contribution is -2.31. The third-order valence-corrected chi connectivity index (χ3v) is 6.42. The van der Waals surface area contributed by atoms with Gasteiger partial charge in [-0.1, -0.05) is 6.07 Å². The van der Waals surface area contributed by atoms with Gasteiger partial charge in [0.05, 0.1) is 22.5 Å². The first-order chi connectivity index (χ1) is 16.9. The molecule has 0 radical (unpaired) electrons. The third kappa shape index (κ3) is 5.49. The van der Waals surface area contributed by atoms with Crippen molar-refractivity contribution in [2.75, 3.05) is 16.8 Å². The molecule has 10 heteroatoms. The molecule has 1 unspecified atom stereocenters. The Hall–Kier alpha value is -4.18. The Balaban J connectivity index is 1.39. The highest BCUT2D eigenvalue weighted by Crippen LogP contribution is 2.35. The van der Waals surface area contributed by atoms with Crippen LogP contribution in [-0.2, 0) is 9.59 Å². The molecule has 3 amide bonds. The molecule has 1 aliphatic rings. The summed E-state index contributed by atoms with van der Waals surface area (Å²) >= 11 is 1.28. The van der Waals surface area contributed by atoms with Crippen LogP contribution in [0.4, 0.5) is 17.1 Å². The molecule has 3 aromatic carbocycles. The minimum atomic E-state index is -0.561. The van der Waals surface area contributed by atoms with Gasteiger partial charge in [0, 0.05) is 34.7 Å². The van der Waals surface area contributed by atoms with E-state index in [4.69, 9.17) is 4.74 Å². The van der Waals surface area contributed by atoms with E-state index in [1.807, 2.05) is 6.92 Å². The number of thioether (sulfide) groups is 1. The van der Waals surface area contributed by atoms with E-state index in [1.54, 1.807) is 48.5 Å². The van der Waals surface area contributed by atoms with Gasteiger partial charge < -0.3 is 10.1 Å². The summed E-state index contributed by atoms with van der Waals surface area (Å²) in [5.74, 6) is -0.361. The number of imide groups is 1. The maximum absolute atomic E-state index is 12.9. The highest BCUT2D eigenvalue weighted by atomic mass is 32.2. The Kier molecular flexibility index (Phi) is 7.11. The van der Waals surface area contributed by atoms with Gasteiger partial charge in [0.15, 0.2) is 0 Å². The first-order valence-electron chi connectivity index (χ1n) is 10.8. The molecule has 3 aromatic rings. The Morgan fingerprint density at radius 2 is 1.83 bits per heavy atom. The van der Waals surface area contributed by atoms with Gasteiger partial charge in [0.1, 0.15) is 5.75 Å². The number of carbonyl (C=O) groups excluding carboxylic acids is 3. The zero-order valence-electron chi connectivity index (χ0n) is 18.7. The fraction of sp³-hybridized carbons (Fsp3) is 0.160. The average Bonchev–Trinajstić information content (AvgIpc) is 3.13. The Morgan fingerprint density at radius 3 is 2.49 bits per heavy atom. The van der Waals surface area contributed by atoms with Gasteiger partial charge >= 0.3 is 0 Å². The summed E-state index contributed by atoms with van der Waals surface area (Å²) in [7, 11) is 0. The largest absolute Gasteiger partial charge is 0.494 e. The van der Waals surface area contributed by atoms with Crippen molar-refractivity contribution in [2.24, 2.45) is 0 Å². The van der Waals surface area contributed by atoms with Crippen LogP contribution in [0.25, 0.3) is 0 Å². The maximum Gasteiger partial charge on any atom is 0.270 e. The van der Waals surface area contributed by atoms with Crippen molar-refractivity contribution in [1.29, 1.82) is 0 Å². The summed E-state index contributed by atoms with van der Waals surface area (Å²) in [6, 6.07) is 19.1. The Morgan fingerprint density at radius 1 is 1.11 bits per heavy atom. The zero-order chi connectivity index (χ0) is 24.9. The minimum absolute atomic E-state index is 0.0853. The lowest BCUT2D eigenvalue weighted by Gasteiger charge is -2.15. The SMILES string of the molecule is CCOc1ccc(N2C(=O)CC(Sc3ccc(NC(=O)c4cccc([N+](=O)[O-])c4)cc3)C2=O)cc1. The lowest BCUT2D eigenvalue weighted by molar-refractivity contribution is -0.384. The minimum Gasteiger partial charge on any atom is -0.494 e. The van der Waals surface area contributed by atoms with Crippen LogP contribution in [0.3, 0.4) is 0 Å². The smallest absolute Gasteiger partial charge is 0.270 e. The molecule has 1 aliphatic heterocycles. The van der Waals surface area contributed by atoms with E-state index < -0.39 is 16.1 Å². The molecule has 0 spiro atoms. The molecule has 35 heavy (non-hydrogen) atoms. The van der Waals surface area contributed by atoms with Gasteiger partial charge in [-0.05, 0) is 61.5 Å². The molecule has 1 atom stereocenters. The summed E-state index contributed by atoms with van der Waals surface area (Å²) in [6.07, 6.45) is 0.0853. The molecule has 1 heterocycles. The van der Waals surface area contributed by atoms with Crippen molar-refractivity contribution < 1.29 is 24.0 Å². The number of nitrogens with zero attached hydrogens (tertiary/aromatic N) is 2. The number of carbonyl (C=O) groups is 3. The molecule has 9 nitrogen and oxygen atoms in total. The molecule has 0 saturated carbocycles. The number of ether oxygens (including phenoxy) is 1. The molecule has 1 N–H and O–H groups in total. The second kappa shape index (κ2) is 10.4. The number of nitro groups is 1. The van der Waals surface area contributed by atoms with Gasteiger partial charge in [-0.25, -0.2) is 4.90 Å². The number of hydrogen-bond acceptors (Lipinski definition) is 7. The van der Waals surface area contributed by atoms with Gasteiger partial charge in [-0.3, -0.25) is 24.5 Å². The van der Waals surface area contributed by atoms with Crippen molar-refractivity contribution in [3.63, 3.8) is 0 Å². The first kappa shape index (κ1) is 24.0. The van der Waals surface area contributed by atoms with Crippen LogP contribution in [-0.4, -0.2) is 34.5 Å². The van der Waals surface area contributed by atoms with E-state index >= 15 is 0 Å². The van der Waals surface area contributed by atoms with Crippen molar-refractivity contribution in [1.82, 2.24) is 0 Å². The topological polar surface area (TPSA) is 119 Å². The average molecular weight is 492 g/mol. The van der Waals surface area contributed by atoms with Crippen LogP contribution in [0.2, 0.25) is 0 Å². The molecular weight excluding hydrogens is 470 g/mol. The molecule has 4 rings (SSSR count). The first-order valence-corrected chi connectivity index (χ1v) is 11.7. The van der Waals surface area contributed by atoms with Crippen LogP contribution in [0, 0.1) is 10.1 Å². The maximum atomic E-state index is 12.9. The molecule has 0 aliphatic carbocycles. The molecule has 1 saturated heterocycles. The molecule has 1 fully saturated rings. The summed E-state index contributed by atoms with van der Waals surface area (Å²) in [6.45, 7) is 2.40. The van der Waals surface area contributed by atoms with Gasteiger partial charge in [0.25, 0.3) is 11.6 Å². The van der Waals surface area contributed by atoms with Crippen molar-refractivity contribution >= 4 is 46.5 Å². The van der Waals surface area contributed by atoms with E-state index in [1.165, 1.54) is 40.9 Å². The molecule has 0 bridgehead atoms. The fourth-order valence-electron chi connectivity index (χ4n) is 3.57. The number of nitro benzene ring substituents is 1. The monoisotopic (exact) mass is 491 g/mol. The highest BCUT2D eigenvalue weighted by Gasteiger charge is 2.40. The van der Waals surface area contributed by atoms with Crippen molar-refractivity contribution in [2.45, 2.75) is 23.5 Å². The van der Waals surface area contributed by atoms with Crippen molar-refractivity contribution in [3.05, 3.63) is 88.5 Å². The number of nitrogens with one attached hydrogen (secondary N) is 1. The quantitative estimate of drug-likeness (QED) is 0.276. The van der Waals surface area contributed by atoms with Crippen LogP contribution >= 0.6 is 11.8 Å². The van der Waals surface area contributed by atoms with Crippen LogP contribution in [0.1, 0.15) is 23.7 Å². The van der Waals surface area contributed by atoms with Crippen LogP contribution < -0.4 is 15.0 Å². The van der Waals surface area contributed by atoms with Gasteiger partial charge in [-0.15, -0.1) is 11.8 Å². The summed E-state index contributed by atoms with van der Waals surface area (Å²) in [5, 5.41) is 13.1. The van der Waals surface area contributed by atoms with E-state index in [9.17, 15) is 24.5 Å². The van der Waals surface area contributed by atoms with E-state index in [0.717, 1.165) is 4.90 Å². The van der Waals surface area contributed by atoms with Crippen LogP contribution in [0.5, 0.6) is 5.75 Å². The number of rotatable bonds is 8. The zero-order valence-corrected chi connectivity index (χ0v) is 19.5. The van der Waals surface area contributed by atoms with E-state index in [0.29, 0.717) is 23.7 Å². The second-order valence-electron chi connectivity index (χ2n) is 7.59. The van der Waals surface area contributed by atoms with Crippen LogP contribution in [0.15, 0.2) is 77.7 Å². The Labute approximate surface area is 205 Å². The predicted molar refractivity (Wildman–Crippen MR) is 132 cm³/mol. The second-order valence-corrected chi connectivity index (χ2v) is 8.87. The van der Waals surface area contributed by atoms with Crippen molar-refractivity contribution in [3.8, 4) is 5.75 Å². The summed E-state index contributed by atoms with van der Waals surface area (Å²) in [5.41, 5.74) is 1.00. The molecular formula is C25H21N3O6S. The number of anilines is 2. The highest BCUT2D eigenvalue weighted by molar-refractivity contribution is 8.00. The number of benzene rings is 3. The number of amides is 3. The number of hydrogen-bond donors (Lipinski definition) is 1. The summed E-state index contributed by atoms with van der Waals surface area (Å²) < 4.78 is 5.40. The van der Waals surface area contributed by atoms with E-state index in [-0.39, 0.29) is 29.5 Å². The molecule has 0 aromatic heterocycles. The third-order valence-electron chi connectivity index (χ3n) is 5.22. The number of non-ortho nitro benzene ring substituents is 1. The Bertz CT molecular complexity index is 1280. The molecule has 178 valence electrons. The predicted octanol–water partition coefficient (Wildman–Crippen LogP) is 4.67. The fourth-order valence-corrected chi connectivity index (χ4v) is 4.62. The standard InChI is InChI=1S/C25H21N3O6S/c1-2-34-20-10-8-18(9-11-20)27-23(29)15-22(25(27)31)35-21-12-6-17(7-13-21)26-24(30)16-4-3-5-19(14-16)28(32)33/h3-14,22H,2,15H2,1H3,(H,26,30). The van der Waals surface area contributed by atoms with E-state index in [2.05, 4.69) is 5.32 Å².